The van der Waals surface area contributed by atoms with E-state index in [9.17, 15) is 8.42 Å². The molecule has 0 atom stereocenters. The minimum Gasteiger partial charge on any atom is -0.326 e. The van der Waals surface area contributed by atoms with Crippen molar-refractivity contribution in [2.24, 2.45) is 5.73 Å². The van der Waals surface area contributed by atoms with Gasteiger partial charge in [-0.05, 0) is 57.2 Å². The van der Waals surface area contributed by atoms with Crippen LogP contribution in [0.25, 0.3) is 0 Å². The van der Waals surface area contributed by atoms with Crippen LogP contribution in [0.1, 0.15) is 17.5 Å². The van der Waals surface area contributed by atoms with Crippen molar-refractivity contribution >= 4 is 10.0 Å². The molecule has 0 aliphatic heterocycles. The molecule has 6 heteroatoms. The van der Waals surface area contributed by atoms with Gasteiger partial charge in [0.15, 0.2) is 0 Å². The first-order chi connectivity index (χ1) is 9.28. The Kier molecular flexibility index (Phi) is 6.13. The molecule has 0 aromatic heterocycles. The van der Waals surface area contributed by atoms with E-state index in [1.54, 1.807) is 25.2 Å². The standard InChI is InChI=1S/C14H25N3O2S/c1-12-10-14(7-6-13(12)11-15)20(18,19)17(4)9-5-8-16(2)3/h6-7,10H,5,8-9,11,15H2,1-4H3. The van der Waals surface area contributed by atoms with Gasteiger partial charge in [0.25, 0.3) is 0 Å². The number of benzene rings is 1. The zero-order chi connectivity index (χ0) is 15.3. The molecule has 0 heterocycles. The number of rotatable bonds is 7. The zero-order valence-electron chi connectivity index (χ0n) is 12.8. The van der Waals surface area contributed by atoms with Crippen molar-refractivity contribution in [1.29, 1.82) is 0 Å². The molecule has 0 radical (unpaired) electrons. The van der Waals surface area contributed by atoms with Gasteiger partial charge in [-0.3, -0.25) is 0 Å². The fraction of sp³-hybridized carbons (Fsp3) is 0.571. The Morgan fingerprint density at radius 1 is 1.15 bits per heavy atom. The second-order valence-corrected chi connectivity index (χ2v) is 7.32. The van der Waals surface area contributed by atoms with Gasteiger partial charge in [-0.25, -0.2) is 12.7 Å². The number of aryl methyl sites for hydroxylation is 1. The van der Waals surface area contributed by atoms with E-state index in [1.165, 1.54) is 4.31 Å². The summed E-state index contributed by atoms with van der Waals surface area (Å²) >= 11 is 0. The van der Waals surface area contributed by atoms with Crippen LogP contribution in [0.5, 0.6) is 0 Å². The summed E-state index contributed by atoms with van der Waals surface area (Å²) in [5.41, 5.74) is 7.48. The van der Waals surface area contributed by atoms with Crippen LogP contribution in [-0.4, -0.2) is 51.9 Å². The molecule has 1 rings (SSSR count). The van der Waals surface area contributed by atoms with E-state index in [2.05, 4.69) is 0 Å². The van der Waals surface area contributed by atoms with Crippen molar-refractivity contribution in [2.75, 3.05) is 34.2 Å². The van der Waals surface area contributed by atoms with Gasteiger partial charge in [-0.15, -0.1) is 0 Å². The molecule has 0 bridgehead atoms. The van der Waals surface area contributed by atoms with Crippen molar-refractivity contribution in [3.63, 3.8) is 0 Å². The molecule has 0 fully saturated rings. The summed E-state index contributed by atoms with van der Waals surface area (Å²) in [6.45, 7) is 3.68. The summed E-state index contributed by atoms with van der Waals surface area (Å²) in [7, 11) is 2.16. The fourth-order valence-electron chi connectivity index (χ4n) is 1.97. The van der Waals surface area contributed by atoms with Crippen LogP contribution in [0, 0.1) is 6.92 Å². The first-order valence-corrected chi connectivity index (χ1v) is 8.13. The lowest BCUT2D eigenvalue weighted by molar-refractivity contribution is 0.370. The summed E-state index contributed by atoms with van der Waals surface area (Å²) in [6, 6.07) is 5.11. The molecule has 0 saturated heterocycles. The highest BCUT2D eigenvalue weighted by atomic mass is 32.2. The topological polar surface area (TPSA) is 66.6 Å². The maximum Gasteiger partial charge on any atom is 0.242 e. The third-order valence-corrected chi connectivity index (χ3v) is 5.17. The normalized spacial score (nSPS) is 12.3. The monoisotopic (exact) mass is 299 g/mol. The van der Waals surface area contributed by atoms with E-state index < -0.39 is 10.0 Å². The van der Waals surface area contributed by atoms with E-state index in [0.29, 0.717) is 18.0 Å². The molecule has 0 saturated carbocycles. The van der Waals surface area contributed by atoms with E-state index in [1.807, 2.05) is 25.9 Å². The van der Waals surface area contributed by atoms with Crippen LogP contribution in [-0.2, 0) is 16.6 Å². The highest BCUT2D eigenvalue weighted by molar-refractivity contribution is 7.89. The Balaban J connectivity index is 2.84. The zero-order valence-corrected chi connectivity index (χ0v) is 13.6. The van der Waals surface area contributed by atoms with Gasteiger partial charge in [-0.1, -0.05) is 6.07 Å². The number of nitrogens with two attached hydrogens (primary N) is 1. The van der Waals surface area contributed by atoms with Crippen molar-refractivity contribution in [3.05, 3.63) is 29.3 Å². The van der Waals surface area contributed by atoms with Gasteiger partial charge < -0.3 is 10.6 Å². The lowest BCUT2D eigenvalue weighted by Crippen LogP contribution is -2.30. The molecular formula is C14H25N3O2S. The average molecular weight is 299 g/mol. The van der Waals surface area contributed by atoms with Gasteiger partial charge >= 0.3 is 0 Å². The predicted molar refractivity (Wildman–Crippen MR) is 82.1 cm³/mol. The number of hydrogen-bond acceptors (Lipinski definition) is 4. The van der Waals surface area contributed by atoms with E-state index in [-0.39, 0.29) is 0 Å². The van der Waals surface area contributed by atoms with E-state index >= 15 is 0 Å². The molecule has 1 aromatic carbocycles. The number of nitrogens with zero attached hydrogens (tertiary/aromatic N) is 2. The summed E-state index contributed by atoms with van der Waals surface area (Å²) < 4.78 is 26.3. The van der Waals surface area contributed by atoms with Crippen LogP contribution in [0.15, 0.2) is 23.1 Å². The van der Waals surface area contributed by atoms with Crippen molar-refractivity contribution < 1.29 is 8.42 Å². The third-order valence-electron chi connectivity index (χ3n) is 3.32. The van der Waals surface area contributed by atoms with Gasteiger partial charge in [0.1, 0.15) is 0 Å². The molecule has 1 aromatic rings. The lowest BCUT2D eigenvalue weighted by atomic mass is 10.1. The predicted octanol–water partition coefficient (Wildman–Crippen LogP) is 1.03. The summed E-state index contributed by atoms with van der Waals surface area (Å²) in [5.74, 6) is 0. The molecule has 0 amide bonds. The smallest absolute Gasteiger partial charge is 0.242 e. The Morgan fingerprint density at radius 2 is 1.80 bits per heavy atom. The molecular weight excluding hydrogens is 274 g/mol. The summed E-state index contributed by atoms with van der Waals surface area (Å²) in [5, 5.41) is 0. The molecule has 0 spiro atoms. The Hall–Kier alpha value is -0.950. The Labute approximate surface area is 122 Å². The molecule has 114 valence electrons. The summed E-state index contributed by atoms with van der Waals surface area (Å²) in [4.78, 5) is 2.38. The Bertz CT molecular complexity index is 541. The van der Waals surface area contributed by atoms with Crippen molar-refractivity contribution in [2.45, 2.75) is 24.8 Å². The third kappa shape index (κ3) is 4.28. The van der Waals surface area contributed by atoms with Gasteiger partial charge in [-0.2, -0.15) is 0 Å². The molecule has 0 unspecified atom stereocenters. The molecule has 20 heavy (non-hydrogen) atoms. The van der Waals surface area contributed by atoms with Crippen LogP contribution < -0.4 is 5.73 Å². The van der Waals surface area contributed by atoms with Gasteiger partial charge in [0.05, 0.1) is 4.90 Å². The largest absolute Gasteiger partial charge is 0.326 e. The lowest BCUT2D eigenvalue weighted by Gasteiger charge is -2.19. The van der Waals surface area contributed by atoms with Gasteiger partial charge in [0.2, 0.25) is 10.0 Å². The number of hydrogen-bond donors (Lipinski definition) is 1. The molecule has 0 aliphatic rings. The highest BCUT2D eigenvalue weighted by Crippen LogP contribution is 2.18. The van der Waals surface area contributed by atoms with E-state index in [0.717, 1.165) is 24.1 Å². The van der Waals surface area contributed by atoms with Crippen LogP contribution in [0.2, 0.25) is 0 Å². The Morgan fingerprint density at radius 3 is 2.30 bits per heavy atom. The highest BCUT2D eigenvalue weighted by Gasteiger charge is 2.20. The first kappa shape index (κ1) is 17.1. The van der Waals surface area contributed by atoms with Crippen LogP contribution in [0.4, 0.5) is 0 Å². The van der Waals surface area contributed by atoms with Crippen LogP contribution in [0.3, 0.4) is 0 Å². The van der Waals surface area contributed by atoms with Crippen molar-refractivity contribution in [3.8, 4) is 0 Å². The summed E-state index contributed by atoms with van der Waals surface area (Å²) in [6.07, 6.45) is 0.808. The fourth-order valence-corrected chi connectivity index (χ4v) is 3.26. The minimum atomic E-state index is -3.41. The molecule has 5 nitrogen and oxygen atoms in total. The average Bonchev–Trinajstić information content (AvgIpc) is 2.37. The SMILES string of the molecule is Cc1cc(S(=O)(=O)N(C)CCCN(C)C)ccc1CN. The maximum absolute atomic E-state index is 12.4. The maximum atomic E-state index is 12.4. The van der Waals surface area contributed by atoms with Gasteiger partial charge in [0, 0.05) is 20.1 Å². The minimum absolute atomic E-state index is 0.333. The second-order valence-electron chi connectivity index (χ2n) is 5.28. The number of sulfonamides is 1. The second kappa shape index (κ2) is 7.17. The quantitative estimate of drug-likeness (QED) is 0.816. The first-order valence-electron chi connectivity index (χ1n) is 6.69. The molecule has 2 N–H and O–H groups in total. The van der Waals surface area contributed by atoms with Crippen LogP contribution >= 0.6 is 0 Å². The molecule has 0 aliphatic carbocycles. The van der Waals surface area contributed by atoms with Crippen molar-refractivity contribution in [1.82, 2.24) is 9.21 Å². The van der Waals surface area contributed by atoms with E-state index in [4.69, 9.17) is 5.73 Å².